The molecule has 1 aromatic rings. The van der Waals surface area contributed by atoms with Gasteiger partial charge in [-0.2, -0.15) is 0 Å². The Hall–Kier alpha value is -1.71. The minimum Gasteiger partial charge on any atom is -0.482 e. The lowest BCUT2D eigenvalue weighted by molar-refractivity contribution is -0.139. The second kappa shape index (κ2) is 5.29. The largest absolute Gasteiger partial charge is 0.482 e. The Morgan fingerprint density at radius 3 is 2.83 bits per heavy atom. The van der Waals surface area contributed by atoms with Crippen molar-refractivity contribution in [3.63, 3.8) is 0 Å². The smallest absolute Gasteiger partial charge is 0.341 e. The first-order valence-corrected chi connectivity index (χ1v) is 6.26. The Balaban J connectivity index is 1.94. The molecule has 1 heterocycles. The molecule has 2 rings (SSSR count). The van der Waals surface area contributed by atoms with Crippen LogP contribution in [-0.4, -0.2) is 30.8 Å². The lowest BCUT2D eigenvalue weighted by Crippen LogP contribution is -2.49. The van der Waals surface area contributed by atoms with E-state index in [2.05, 4.69) is 18.7 Å². The molecule has 0 spiro atoms. The van der Waals surface area contributed by atoms with Gasteiger partial charge in [0.05, 0.1) is 0 Å². The van der Waals surface area contributed by atoms with E-state index in [0.29, 0.717) is 11.7 Å². The Labute approximate surface area is 107 Å². The van der Waals surface area contributed by atoms with E-state index in [1.54, 1.807) is 6.07 Å². The Kier molecular flexibility index (Phi) is 3.75. The molecular formula is C14H19NO3. The lowest BCUT2D eigenvalue weighted by Gasteiger charge is -2.43. The summed E-state index contributed by atoms with van der Waals surface area (Å²) in [6.07, 6.45) is 0. The zero-order valence-electron chi connectivity index (χ0n) is 10.8. The molecule has 1 N–H and O–H groups in total. The SMILES string of the molecule is CC(C)C1CN(c2cccc(OCC(=O)O)c2)C1. The number of carboxylic acids is 1. The number of ether oxygens (including phenoxy) is 1. The van der Waals surface area contributed by atoms with Gasteiger partial charge in [-0.25, -0.2) is 4.79 Å². The summed E-state index contributed by atoms with van der Waals surface area (Å²) in [5.74, 6) is 1.13. The number of hydrogen-bond acceptors (Lipinski definition) is 3. The third kappa shape index (κ3) is 2.94. The van der Waals surface area contributed by atoms with Crippen molar-refractivity contribution in [1.82, 2.24) is 0 Å². The highest BCUT2D eigenvalue weighted by Gasteiger charge is 2.29. The quantitative estimate of drug-likeness (QED) is 0.869. The Bertz CT molecular complexity index is 425. The summed E-state index contributed by atoms with van der Waals surface area (Å²) in [4.78, 5) is 12.7. The molecule has 4 heteroatoms. The fourth-order valence-electron chi connectivity index (χ4n) is 2.06. The number of carbonyl (C=O) groups is 1. The topological polar surface area (TPSA) is 49.8 Å². The minimum atomic E-state index is -0.954. The molecule has 0 radical (unpaired) electrons. The molecule has 0 unspecified atom stereocenters. The molecule has 0 amide bonds. The molecule has 0 saturated carbocycles. The molecule has 0 aromatic heterocycles. The predicted molar refractivity (Wildman–Crippen MR) is 70.1 cm³/mol. The van der Waals surface area contributed by atoms with Crippen molar-refractivity contribution in [1.29, 1.82) is 0 Å². The zero-order chi connectivity index (χ0) is 13.1. The summed E-state index contributed by atoms with van der Waals surface area (Å²) in [5, 5.41) is 8.57. The van der Waals surface area contributed by atoms with Crippen molar-refractivity contribution in [3.05, 3.63) is 24.3 Å². The summed E-state index contributed by atoms with van der Waals surface area (Å²) in [6.45, 7) is 6.33. The standard InChI is InChI=1S/C14H19NO3/c1-10(2)11-7-15(8-11)12-4-3-5-13(6-12)18-9-14(16)17/h3-6,10-11H,7-9H2,1-2H3,(H,16,17). The van der Waals surface area contributed by atoms with Gasteiger partial charge in [0, 0.05) is 24.8 Å². The summed E-state index contributed by atoms with van der Waals surface area (Å²) in [5.41, 5.74) is 1.11. The van der Waals surface area contributed by atoms with Gasteiger partial charge in [0.25, 0.3) is 0 Å². The van der Waals surface area contributed by atoms with Crippen LogP contribution in [0.3, 0.4) is 0 Å². The molecule has 98 valence electrons. The summed E-state index contributed by atoms with van der Waals surface area (Å²) < 4.78 is 5.17. The molecule has 1 aromatic carbocycles. The van der Waals surface area contributed by atoms with E-state index >= 15 is 0 Å². The van der Waals surface area contributed by atoms with E-state index in [0.717, 1.165) is 24.7 Å². The average molecular weight is 249 g/mol. The first-order valence-electron chi connectivity index (χ1n) is 6.26. The molecular weight excluding hydrogens is 230 g/mol. The van der Waals surface area contributed by atoms with E-state index in [4.69, 9.17) is 9.84 Å². The van der Waals surface area contributed by atoms with E-state index in [9.17, 15) is 4.79 Å². The van der Waals surface area contributed by atoms with Crippen LogP contribution >= 0.6 is 0 Å². The van der Waals surface area contributed by atoms with Crippen molar-refractivity contribution in [3.8, 4) is 5.75 Å². The van der Waals surface area contributed by atoms with Crippen LogP contribution in [0.4, 0.5) is 5.69 Å². The highest BCUT2D eigenvalue weighted by Crippen LogP contribution is 2.30. The monoisotopic (exact) mass is 249 g/mol. The van der Waals surface area contributed by atoms with Gasteiger partial charge in [-0.15, -0.1) is 0 Å². The Morgan fingerprint density at radius 1 is 1.50 bits per heavy atom. The van der Waals surface area contributed by atoms with Crippen molar-refractivity contribution in [2.75, 3.05) is 24.6 Å². The molecule has 0 aliphatic carbocycles. The van der Waals surface area contributed by atoms with Crippen molar-refractivity contribution < 1.29 is 14.6 Å². The number of anilines is 1. The van der Waals surface area contributed by atoms with E-state index in [1.165, 1.54) is 0 Å². The van der Waals surface area contributed by atoms with Crippen LogP contribution in [0.25, 0.3) is 0 Å². The molecule has 1 aliphatic heterocycles. The van der Waals surface area contributed by atoms with Crippen LogP contribution in [0.2, 0.25) is 0 Å². The average Bonchev–Trinajstić information content (AvgIpc) is 2.24. The second-order valence-electron chi connectivity index (χ2n) is 5.09. The van der Waals surface area contributed by atoms with Crippen LogP contribution in [-0.2, 0) is 4.79 Å². The van der Waals surface area contributed by atoms with E-state index < -0.39 is 5.97 Å². The zero-order valence-corrected chi connectivity index (χ0v) is 10.8. The van der Waals surface area contributed by atoms with Crippen LogP contribution in [0.15, 0.2) is 24.3 Å². The molecule has 18 heavy (non-hydrogen) atoms. The van der Waals surface area contributed by atoms with Crippen LogP contribution < -0.4 is 9.64 Å². The first kappa shape index (κ1) is 12.7. The number of rotatable bonds is 5. The number of carboxylic acid groups (broad SMARTS) is 1. The van der Waals surface area contributed by atoms with Gasteiger partial charge in [0.2, 0.25) is 0 Å². The fraction of sp³-hybridized carbons (Fsp3) is 0.500. The maximum atomic E-state index is 10.4. The number of aliphatic carboxylic acids is 1. The van der Waals surface area contributed by atoms with Crippen LogP contribution in [0.5, 0.6) is 5.75 Å². The molecule has 1 saturated heterocycles. The van der Waals surface area contributed by atoms with Gasteiger partial charge in [-0.3, -0.25) is 0 Å². The van der Waals surface area contributed by atoms with Crippen molar-refractivity contribution in [2.24, 2.45) is 11.8 Å². The van der Waals surface area contributed by atoms with E-state index in [1.807, 2.05) is 18.2 Å². The maximum Gasteiger partial charge on any atom is 0.341 e. The minimum absolute atomic E-state index is 0.294. The number of hydrogen-bond donors (Lipinski definition) is 1. The highest BCUT2D eigenvalue weighted by atomic mass is 16.5. The van der Waals surface area contributed by atoms with Gasteiger partial charge >= 0.3 is 5.97 Å². The van der Waals surface area contributed by atoms with Gasteiger partial charge in [0.15, 0.2) is 6.61 Å². The lowest BCUT2D eigenvalue weighted by atomic mass is 9.88. The molecule has 4 nitrogen and oxygen atoms in total. The molecule has 1 fully saturated rings. The third-order valence-electron chi connectivity index (χ3n) is 3.40. The molecule has 1 aliphatic rings. The summed E-state index contributed by atoms with van der Waals surface area (Å²) >= 11 is 0. The number of benzene rings is 1. The van der Waals surface area contributed by atoms with Crippen LogP contribution in [0, 0.1) is 11.8 Å². The van der Waals surface area contributed by atoms with Crippen molar-refractivity contribution >= 4 is 11.7 Å². The summed E-state index contributed by atoms with van der Waals surface area (Å²) in [6, 6.07) is 7.62. The predicted octanol–water partition coefficient (Wildman–Crippen LogP) is 2.24. The molecule has 0 atom stereocenters. The fourth-order valence-corrected chi connectivity index (χ4v) is 2.06. The van der Waals surface area contributed by atoms with E-state index in [-0.39, 0.29) is 6.61 Å². The maximum absolute atomic E-state index is 10.4. The number of nitrogens with zero attached hydrogens (tertiary/aromatic N) is 1. The second-order valence-corrected chi connectivity index (χ2v) is 5.09. The van der Waals surface area contributed by atoms with Gasteiger partial charge in [-0.05, 0) is 24.0 Å². The first-order chi connectivity index (χ1) is 8.56. The molecule has 0 bridgehead atoms. The third-order valence-corrected chi connectivity index (χ3v) is 3.40. The van der Waals surface area contributed by atoms with Gasteiger partial charge in [0.1, 0.15) is 5.75 Å². The summed E-state index contributed by atoms with van der Waals surface area (Å²) in [7, 11) is 0. The highest BCUT2D eigenvalue weighted by molar-refractivity contribution is 5.68. The van der Waals surface area contributed by atoms with Gasteiger partial charge in [-0.1, -0.05) is 19.9 Å². The normalized spacial score (nSPS) is 15.6. The van der Waals surface area contributed by atoms with Crippen molar-refractivity contribution in [2.45, 2.75) is 13.8 Å². The van der Waals surface area contributed by atoms with Crippen LogP contribution in [0.1, 0.15) is 13.8 Å². The Morgan fingerprint density at radius 2 is 2.22 bits per heavy atom. The van der Waals surface area contributed by atoms with Gasteiger partial charge < -0.3 is 14.7 Å².